The van der Waals surface area contributed by atoms with Gasteiger partial charge in [0, 0.05) is 0 Å². The van der Waals surface area contributed by atoms with Crippen LogP contribution in [-0.2, 0) is 6.42 Å². The van der Waals surface area contributed by atoms with E-state index in [4.69, 9.17) is 0 Å². The lowest BCUT2D eigenvalue weighted by Gasteiger charge is -1.96. The molecule has 0 unspecified atom stereocenters. The van der Waals surface area contributed by atoms with Crippen molar-refractivity contribution in [3.8, 4) is 0 Å². The van der Waals surface area contributed by atoms with Gasteiger partial charge in [-0.3, -0.25) is 0 Å². The second kappa shape index (κ2) is 3.21. The standard InChI is InChI=1S/C10H12/c1-3-5-10-7-4-6-9(2)8-10/h3-4,6-8H,1,5H2,2H3. The van der Waals surface area contributed by atoms with E-state index in [-0.39, 0.29) is 0 Å². The van der Waals surface area contributed by atoms with E-state index in [9.17, 15) is 0 Å². The molecule has 0 aliphatic rings. The minimum atomic E-state index is 0.974. The Balaban J connectivity index is 2.84. The third-order valence-electron chi connectivity index (χ3n) is 1.46. The summed E-state index contributed by atoms with van der Waals surface area (Å²) < 4.78 is 0. The van der Waals surface area contributed by atoms with Crippen LogP contribution in [0.1, 0.15) is 11.1 Å². The van der Waals surface area contributed by atoms with E-state index in [0.717, 1.165) is 6.42 Å². The summed E-state index contributed by atoms with van der Waals surface area (Å²) in [5, 5.41) is 0. The molecule has 1 rings (SSSR count). The van der Waals surface area contributed by atoms with Crippen LogP contribution >= 0.6 is 0 Å². The van der Waals surface area contributed by atoms with Crippen molar-refractivity contribution in [3.63, 3.8) is 0 Å². The Kier molecular flexibility index (Phi) is 2.27. The molecular weight excluding hydrogens is 120 g/mol. The zero-order valence-corrected chi connectivity index (χ0v) is 6.30. The summed E-state index contributed by atoms with van der Waals surface area (Å²) >= 11 is 0. The maximum absolute atomic E-state index is 3.69. The van der Waals surface area contributed by atoms with E-state index in [0.29, 0.717) is 0 Å². The predicted octanol–water partition coefficient (Wildman–Crippen LogP) is 2.72. The monoisotopic (exact) mass is 132 g/mol. The summed E-state index contributed by atoms with van der Waals surface area (Å²) in [5.41, 5.74) is 2.66. The van der Waals surface area contributed by atoms with Crippen LogP contribution in [0.25, 0.3) is 0 Å². The van der Waals surface area contributed by atoms with Crippen molar-refractivity contribution in [2.24, 2.45) is 0 Å². The van der Waals surface area contributed by atoms with Gasteiger partial charge in [0.1, 0.15) is 0 Å². The first-order valence-corrected chi connectivity index (χ1v) is 3.49. The SMILES string of the molecule is C=CCc1cccc(C)c1. The quantitative estimate of drug-likeness (QED) is 0.543. The van der Waals surface area contributed by atoms with Gasteiger partial charge in [0.25, 0.3) is 0 Å². The molecule has 0 amide bonds. The van der Waals surface area contributed by atoms with Crippen LogP contribution in [0.2, 0.25) is 0 Å². The van der Waals surface area contributed by atoms with Crippen molar-refractivity contribution < 1.29 is 0 Å². The first-order valence-electron chi connectivity index (χ1n) is 3.49. The molecule has 1 aromatic rings. The Morgan fingerprint density at radius 3 is 2.90 bits per heavy atom. The molecule has 0 heterocycles. The first kappa shape index (κ1) is 7.07. The van der Waals surface area contributed by atoms with Gasteiger partial charge in [-0.1, -0.05) is 35.9 Å². The Morgan fingerprint density at radius 2 is 2.30 bits per heavy atom. The molecule has 0 fully saturated rings. The Hall–Kier alpha value is -1.04. The number of rotatable bonds is 2. The number of hydrogen-bond acceptors (Lipinski definition) is 0. The number of allylic oxidation sites excluding steroid dienone is 1. The summed E-state index contributed by atoms with van der Waals surface area (Å²) in [6, 6.07) is 8.48. The van der Waals surface area contributed by atoms with Crippen LogP contribution in [0, 0.1) is 6.92 Å². The molecule has 10 heavy (non-hydrogen) atoms. The lowest BCUT2D eigenvalue weighted by molar-refractivity contribution is 1.25. The van der Waals surface area contributed by atoms with Crippen LogP contribution in [0.4, 0.5) is 0 Å². The highest BCUT2D eigenvalue weighted by Gasteiger charge is 1.87. The molecular formula is C10H12. The topological polar surface area (TPSA) is 0 Å². The van der Waals surface area contributed by atoms with E-state index in [2.05, 4.69) is 37.8 Å². The van der Waals surface area contributed by atoms with E-state index >= 15 is 0 Å². The van der Waals surface area contributed by atoms with Crippen molar-refractivity contribution in [2.75, 3.05) is 0 Å². The molecule has 0 radical (unpaired) electrons. The van der Waals surface area contributed by atoms with Crippen LogP contribution < -0.4 is 0 Å². The first-order chi connectivity index (χ1) is 4.83. The van der Waals surface area contributed by atoms with Gasteiger partial charge in [-0.15, -0.1) is 6.58 Å². The minimum absolute atomic E-state index is 0.974. The highest BCUT2D eigenvalue weighted by Crippen LogP contribution is 2.04. The van der Waals surface area contributed by atoms with Crippen molar-refractivity contribution in [1.29, 1.82) is 0 Å². The predicted molar refractivity (Wildman–Crippen MR) is 45.1 cm³/mol. The van der Waals surface area contributed by atoms with Crippen LogP contribution in [0.3, 0.4) is 0 Å². The maximum atomic E-state index is 3.69. The molecule has 0 aliphatic carbocycles. The van der Waals surface area contributed by atoms with Crippen molar-refractivity contribution in [3.05, 3.63) is 48.0 Å². The molecule has 0 heteroatoms. The number of hydrogen-bond donors (Lipinski definition) is 0. The molecule has 0 spiro atoms. The van der Waals surface area contributed by atoms with E-state index in [1.807, 2.05) is 6.08 Å². The van der Waals surface area contributed by atoms with Crippen LogP contribution in [-0.4, -0.2) is 0 Å². The zero-order chi connectivity index (χ0) is 7.40. The molecule has 0 atom stereocenters. The van der Waals surface area contributed by atoms with Crippen LogP contribution in [0.15, 0.2) is 36.9 Å². The summed E-state index contributed by atoms with van der Waals surface area (Å²) in [4.78, 5) is 0. The van der Waals surface area contributed by atoms with Gasteiger partial charge < -0.3 is 0 Å². The van der Waals surface area contributed by atoms with Gasteiger partial charge >= 0.3 is 0 Å². The minimum Gasteiger partial charge on any atom is -0.103 e. The highest BCUT2D eigenvalue weighted by atomic mass is 13.9. The molecule has 0 saturated carbocycles. The van der Waals surface area contributed by atoms with Gasteiger partial charge in [0.05, 0.1) is 0 Å². The Labute approximate surface area is 62.2 Å². The zero-order valence-electron chi connectivity index (χ0n) is 6.30. The summed E-state index contributed by atoms with van der Waals surface area (Å²) in [5.74, 6) is 0. The molecule has 52 valence electrons. The number of benzene rings is 1. The van der Waals surface area contributed by atoms with E-state index in [1.54, 1.807) is 0 Å². The molecule has 0 aliphatic heterocycles. The Bertz CT molecular complexity index is 223. The molecule has 0 saturated heterocycles. The molecule has 0 N–H and O–H groups in total. The van der Waals surface area contributed by atoms with Gasteiger partial charge in [0.2, 0.25) is 0 Å². The molecule has 0 nitrogen and oxygen atoms in total. The third-order valence-corrected chi connectivity index (χ3v) is 1.46. The van der Waals surface area contributed by atoms with Crippen molar-refractivity contribution >= 4 is 0 Å². The average Bonchev–Trinajstić information content (AvgIpc) is 1.88. The van der Waals surface area contributed by atoms with Crippen LogP contribution in [0.5, 0.6) is 0 Å². The Morgan fingerprint density at radius 1 is 1.50 bits per heavy atom. The summed E-state index contributed by atoms with van der Waals surface area (Å²) in [7, 11) is 0. The van der Waals surface area contributed by atoms with Gasteiger partial charge in [-0.25, -0.2) is 0 Å². The third kappa shape index (κ3) is 1.73. The molecule has 0 aromatic heterocycles. The fourth-order valence-electron chi connectivity index (χ4n) is 1.01. The smallest absolute Gasteiger partial charge is 0.0100 e. The van der Waals surface area contributed by atoms with Gasteiger partial charge in [-0.05, 0) is 18.9 Å². The second-order valence-electron chi connectivity index (χ2n) is 2.48. The largest absolute Gasteiger partial charge is 0.103 e. The molecule has 1 aromatic carbocycles. The van der Waals surface area contributed by atoms with E-state index < -0.39 is 0 Å². The average molecular weight is 132 g/mol. The fraction of sp³-hybridized carbons (Fsp3) is 0.200. The van der Waals surface area contributed by atoms with Gasteiger partial charge in [-0.2, -0.15) is 0 Å². The lowest BCUT2D eigenvalue weighted by Crippen LogP contribution is -1.80. The maximum Gasteiger partial charge on any atom is -0.0100 e. The second-order valence-corrected chi connectivity index (χ2v) is 2.48. The summed E-state index contributed by atoms with van der Waals surface area (Å²) in [6.45, 7) is 5.79. The van der Waals surface area contributed by atoms with E-state index in [1.165, 1.54) is 11.1 Å². The normalized spacial score (nSPS) is 9.30. The van der Waals surface area contributed by atoms with Crippen molar-refractivity contribution in [2.45, 2.75) is 13.3 Å². The summed E-state index contributed by atoms with van der Waals surface area (Å²) in [6.07, 6.45) is 2.90. The van der Waals surface area contributed by atoms with Crippen molar-refractivity contribution in [1.82, 2.24) is 0 Å². The lowest BCUT2D eigenvalue weighted by atomic mass is 10.1. The highest BCUT2D eigenvalue weighted by molar-refractivity contribution is 5.23. The number of aryl methyl sites for hydroxylation is 1. The molecule has 0 bridgehead atoms. The van der Waals surface area contributed by atoms with Gasteiger partial charge in [0.15, 0.2) is 0 Å². The fourth-order valence-corrected chi connectivity index (χ4v) is 1.01.